The zero-order valence-electron chi connectivity index (χ0n) is 15.0. The zero-order chi connectivity index (χ0) is 15.0. The molecule has 0 radical (unpaired) electrons. The van der Waals surface area contributed by atoms with Crippen molar-refractivity contribution in [2.75, 3.05) is 0 Å². The van der Waals surface area contributed by atoms with Gasteiger partial charge in [-0.3, -0.25) is 0 Å². The second kappa shape index (κ2) is 118. The molecule has 16 heavy (non-hydrogen) atoms. The Bertz CT molecular complexity index is 16.5. The Morgan fingerprint density at radius 1 is 0.500 bits per heavy atom. The highest BCUT2D eigenvalue weighted by Crippen LogP contribution is 1.81. The van der Waals surface area contributed by atoms with E-state index in [0.717, 1.165) is 5.92 Å². The number of hydrogen-bond acceptors (Lipinski definition) is 0. The lowest BCUT2D eigenvalue weighted by atomic mass is 10.3. The van der Waals surface area contributed by atoms with E-state index in [1.165, 1.54) is 12.8 Å². The van der Waals surface area contributed by atoms with Gasteiger partial charge in [0, 0.05) is 0 Å². The van der Waals surface area contributed by atoms with Gasteiger partial charge in [-0.05, 0) is 5.92 Å². The van der Waals surface area contributed by atoms with Gasteiger partial charge < -0.3 is 0 Å². The van der Waals surface area contributed by atoms with E-state index in [2.05, 4.69) is 48.5 Å². The highest BCUT2D eigenvalue weighted by molar-refractivity contribution is 4.20. The van der Waals surface area contributed by atoms with E-state index in [0.29, 0.717) is 0 Å². The van der Waals surface area contributed by atoms with E-state index in [-0.39, 0.29) is 0 Å². The third-order valence-corrected chi connectivity index (χ3v) is 0. The van der Waals surface area contributed by atoms with Crippen LogP contribution < -0.4 is 0 Å². The molecule has 0 saturated carbocycles. The first kappa shape index (κ1) is 36.0. The molecule has 0 fully saturated rings. The molecule has 0 aromatic rings. The molecule has 0 N–H and O–H groups in total. The maximum Gasteiger partial charge on any atom is -0.0500 e. The molecule has 0 saturated heterocycles. The Balaban J connectivity index is -0.0000000193. The molecular formula is C16H44. The van der Waals surface area contributed by atoms with Gasteiger partial charge in [-0.2, -0.15) is 0 Å². The van der Waals surface area contributed by atoms with Gasteiger partial charge in [-0.15, -0.1) is 0 Å². The summed E-state index contributed by atoms with van der Waals surface area (Å²) in [5, 5.41) is 0. The van der Waals surface area contributed by atoms with E-state index < -0.39 is 0 Å². The molecule has 0 aliphatic heterocycles. The van der Waals surface area contributed by atoms with Gasteiger partial charge >= 0.3 is 0 Å². The molecule has 108 valence electrons. The van der Waals surface area contributed by atoms with Gasteiger partial charge in [0.1, 0.15) is 0 Å². The molecule has 0 heteroatoms. The largest absolute Gasteiger partial charge is 0.0683 e. The number of rotatable bonds is 0. The van der Waals surface area contributed by atoms with Gasteiger partial charge in [0.05, 0.1) is 0 Å². The summed E-state index contributed by atoms with van der Waals surface area (Å²) in [4.78, 5) is 0. The van der Waals surface area contributed by atoms with Gasteiger partial charge in [0.15, 0.2) is 0 Å². The smallest absolute Gasteiger partial charge is 0.0500 e. The molecule has 0 aliphatic carbocycles. The highest BCUT2D eigenvalue weighted by atomic mass is 13.7. The second-order valence-corrected chi connectivity index (χ2v) is 3.15. The van der Waals surface area contributed by atoms with Gasteiger partial charge in [0.2, 0.25) is 0 Å². The monoisotopic (exact) mass is 236 g/mol. The lowest BCUT2D eigenvalue weighted by Gasteiger charge is -1.79. The summed E-state index contributed by atoms with van der Waals surface area (Å²) in [5.41, 5.74) is 0. The zero-order valence-corrected chi connectivity index (χ0v) is 15.0. The topological polar surface area (TPSA) is 0 Å². The predicted octanol–water partition coefficient (Wildman–Crippen LogP) is 7.57. The first-order valence-corrected chi connectivity index (χ1v) is 7.56. The van der Waals surface area contributed by atoms with Crippen LogP contribution in [-0.2, 0) is 0 Å². The minimum atomic E-state index is 0.833. The maximum absolute atomic E-state index is 2.17. The van der Waals surface area contributed by atoms with E-state index in [1.807, 2.05) is 41.5 Å². The van der Waals surface area contributed by atoms with Crippen molar-refractivity contribution in [3.63, 3.8) is 0 Å². The average Bonchev–Trinajstić information content (AvgIpc) is 2.27. The van der Waals surface area contributed by atoms with Crippen LogP contribution in [0.15, 0.2) is 0 Å². The van der Waals surface area contributed by atoms with Crippen LogP contribution >= 0.6 is 0 Å². The normalized spacial score (nSPS) is 5.62. The molecule has 0 nitrogen and oxygen atoms in total. The molecule has 0 unspecified atom stereocenters. The summed E-state index contributed by atoms with van der Waals surface area (Å²) >= 11 is 0. The first-order chi connectivity index (χ1) is 7.56. The van der Waals surface area contributed by atoms with Crippen molar-refractivity contribution in [3.05, 3.63) is 0 Å². The third-order valence-electron chi connectivity index (χ3n) is 0. The summed E-state index contributed by atoms with van der Waals surface area (Å²) in [7, 11) is 0. The SMILES string of the molecule is CC.CC.CC.CC(C)C.CCC.CCC. The molecule has 0 atom stereocenters. The van der Waals surface area contributed by atoms with Crippen LogP contribution in [0, 0.1) is 5.92 Å². The lowest BCUT2D eigenvalue weighted by molar-refractivity contribution is 0.737. The van der Waals surface area contributed by atoms with Gasteiger partial charge in [-0.1, -0.05) is 103 Å². The Hall–Kier alpha value is 0. The van der Waals surface area contributed by atoms with Crippen LogP contribution in [0.3, 0.4) is 0 Å². The highest BCUT2D eigenvalue weighted by Gasteiger charge is 1.68. The van der Waals surface area contributed by atoms with Crippen molar-refractivity contribution in [1.29, 1.82) is 0 Å². The lowest BCUT2D eigenvalue weighted by Crippen LogP contribution is -1.66. The predicted molar refractivity (Wildman–Crippen MR) is 86.5 cm³/mol. The van der Waals surface area contributed by atoms with Crippen molar-refractivity contribution >= 4 is 0 Å². The summed E-state index contributed by atoms with van der Waals surface area (Å²) < 4.78 is 0. The Morgan fingerprint density at radius 3 is 0.500 bits per heavy atom. The van der Waals surface area contributed by atoms with Crippen LogP contribution in [0.25, 0.3) is 0 Å². The van der Waals surface area contributed by atoms with Crippen molar-refractivity contribution < 1.29 is 0 Å². The maximum atomic E-state index is 2.17. The molecule has 0 bridgehead atoms. The first-order valence-electron chi connectivity index (χ1n) is 7.56. The molecule has 0 rings (SSSR count). The Kier molecular flexibility index (Phi) is 265. The standard InChI is InChI=1S/C4H10.2C3H8.3C2H6/c1-4(2)3;2*1-3-2;3*1-2/h4H,1-3H3;2*3H2,1-2H3;3*1-2H3. The Labute approximate surface area is 109 Å². The second-order valence-electron chi connectivity index (χ2n) is 3.15. The van der Waals surface area contributed by atoms with Crippen LogP contribution in [0.2, 0.25) is 0 Å². The third kappa shape index (κ3) is 0. The average molecular weight is 237 g/mol. The fraction of sp³-hybridized carbons (Fsp3) is 1.00. The molecule has 0 aromatic heterocycles. The summed E-state index contributed by atoms with van der Waals surface area (Å²) in [6.07, 6.45) is 2.50. The van der Waals surface area contributed by atoms with E-state index >= 15 is 0 Å². The number of hydrogen-bond donors (Lipinski definition) is 0. The van der Waals surface area contributed by atoms with Crippen molar-refractivity contribution in [2.45, 2.75) is 103 Å². The summed E-state index contributed by atoms with van der Waals surface area (Å²) in [5.74, 6) is 0.833. The van der Waals surface area contributed by atoms with Crippen molar-refractivity contribution in [2.24, 2.45) is 5.92 Å². The van der Waals surface area contributed by atoms with Crippen LogP contribution in [-0.4, -0.2) is 0 Å². The summed E-state index contributed by atoms with van der Waals surface area (Å²) in [6.45, 7) is 27.0. The van der Waals surface area contributed by atoms with Crippen LogP contribution in [0.1, 0.15) is 103 Å². The van der Waals surface area contributed by atoms with Crippen LogP contribution in [0.4, 0.5) is 0 Å². The fourth-order valence-electron chi connectivity index (χ4n) is 0. The van der Waals surface area contributed by atoms with E-state index in [1.54, 1.807) is 0 Å². The molecule has 0 aliphatic rings. The van der Waals surface area contributed by atoms with E-state index in [4.69, 9.17) is 0 Å². The minimum absolute atomic E-state index is 0.833. The van der Waals surface area contributed by atoms with Crippen molar-refractivity contribution in [1.82, 2.24) is 0 Å². The van der Waals surface area contributed by atoms with Crippen LogP contribution in [0.5, 0.6) is 0 Å². The van der Waals surface area contributed by atoms with Gasteiger partial charge in [-0.25, -0.2) is 0 Å². The molecular weight excluding hydrogens is 192 g/mol. The Morgan fingerprint density at radius 2 is 0.500 bits per heavy atom. The molecule has 0 heterocycles. The minimum Gasteiger partial charge on any atom is -0.0683 e. The van der Waals surface area contributed by atoms with E-state index in [9.17, 15) is 0 Å². The molecule has 0 aromatic carbocycles. The molecule has 0 amide bonds. The molecule has 0 spiro atoms. The van der Waals surface area contributed by atoms with Gasteiger partial charge in [0.25, 0.3) is 0 Å². The van der Waals surface area contributed by atoms with Crippen molar-refractivity contribution in [3.8, 4) is 0 Å². The quantitative estimate of drug-likeness (QED) is 0.407. The summed E-state index contributed by atoms with van der Waals surface area (Å²) in [6, 6.07) is 0. The fourth-order valence-corrected chi connectivity index (χ4v) is 0.